The fraction of sp³-hybridized carbons (Fsp3) is 0.636. The third-order valence-corrected chi connectivity index (χ3v) is 3.05. The first-order chi connectivity index (χ1) is 8.11. The summed E-state index contributed by atoms with van der Waals surface area (Å²) < 4.78 is 26.6. The van der Waals surface area contributed by atoms with Crippen molar-refractivity contribution in [2.24, 2.45) is 13.0 Å². The molecule has 1 aliphatic rings. The molecule has 1 aromatic rings. The van der Waals surface area contributed by atoms with Crippen molar-refractivity contribution in [3.05, 3.63) is 11.9 Å². The van der Waals surface area contributed by atoms with Gasteiger partial charge in [0, 0.05) is 32.3 Å². The Hall–Kier alpha value is -1.64. The van der Waals surface area contributed by atoms with Crippen LogP contribution in [0.15, 0.2) is 6.20 Å². The summed E-state index contributed by atoms with van der Waals surface area (Å²) in [5.74, 6) is 0.651. The molecule has 1 saturated heterocycles. The normalized spacial score (nSPS) is 17.5. The topological polar surface area (TPSA) is 44.9 Å². The largest absolute Gasteiger partial charge is 0.342 e. The van der Waals surface area contributed by atoms with Crippen LogP contribution in [0.3, 0.4) is 0 Å². The van der Waals surface area contributed by atoms with Gasteiger partial charge in [-0.1, -0.05) is 0 Å². The average molecular weight is 240 g/mol. The van der Waals surface area contributed by atoms with E-state index in [-0.39, 0.29) is 11.6 Å². The third-order valence-electron chi connectivity index (χ3n) is 3.05. The number of aryl methyl sites for hydroxylation is 1. The van der Waals surface area contributed by atoms with Gasteiger partial charge in [-0.2, -0.15) is 5.26 Å². The molecule has 1 aromatic heterocycles. The van der Waals surface area contributed by atoms with E-state index in [1.165, 1.54) is 6.20 Å². The molecule has 0 aliphatic carbocycles. The molecule has 2 rings (SSSR count). The molecule has 0 atom stereocenters. The van der Waals surface area contributed by atoms with Crippen LogP contribution in [0.1, 0.15) is 25.0 Å². The number of hydrogen-bond acceptors (Lipinski definition) is 3. The molecule has 0 amide bonds. The van der Waals surface area contributed by atoms with Gasteiger partial charge in [0.05, 0.1) is 6.07 Å². The lowest BCUT2D eigenvalue weighted by Crippen LogP contribution is -2.34. The first-order valence-corrected chi connectivity index (χ1v) is 5.57. The molecule has 4 nitrogen and oxygen atoms in total. The summed E-state index contributed by atoms with van der Waals surface area (Å²) in [6.45, 7) is 1.40. The first kappa shape index (κ1) is 11.8. The number of nitriles is 1. The van der Waals surface area contributed by atoms with Gasteiger partial charge < -0.3 is 9.47 Å². The monoisotopic (exact) mass is 240 g/mol. The maximum Gasteiger partial charge on any atom is 0.281 e. The summed E-state index contributed by atoms with van der Waals surface area (Å²) in [5, 5.41) is 8.79. The van der Waals surface area contributed by atoms with Crippen LogP contribution < -0.4 is 4.90 Å². The molecular weight excluding hydrogens is 226 g/mol. The summed E-state index contributed by atoms with van der Waals surface area (Å²) in [6.07, 6.45) is 0.364. The molecule has 1 fully saturated rings. The highest BCUT2D eigenvalue weighted by atomic mass is 19.3. The van der Waals surface area contributed by atoms with Crippen molar-refractivity contribution in [2.45, 2.75) is 19.3 Å². The summed E-state index contributed by atoms with van der Waals surface area (Å²) in [4.78, 5) is 5.90. The molecule has 2 heterocycles. The predicted octanol–water partition coefficient (Wildman–Crippen LogP) is 2.10. The fourth-order valence-electron chi connectivity index (χ4n) is 2.09. The maximum absolute atomic E-state index is 12.5. The lowest BCUT2D eigenvalue weighted by Gasteiger charge is -2.29. The summed E-state index contributed by atoms with van der Waals surface area (Å²) in [5.41, 5.74) is -0.190. The van der Waals surface area contributed by atoms with Gasteiger partial charge in [-0.3, -0.25) is 0 Å². The Morgan fingerprint density at radius 2 is 2.12 bits per heavy atom. The van der Waals surface area contributed by atoms with Gasteiger partial charge in [0.15, 0.2) is 0 Å². The molecule has 6 heteroatoms. The Balaban J connectivity index is 2.11. The van der Waals surface area contributed by atoms with Crippen molar-refractivity contribution in [2.75, 3.05) is 18.0 Å². The Kier molecular flexibility index (Phi) is 3.27. The predicted molar refractivity (Wildman–Crippen MR) is 58.7 cm³/mol. The van der Waals surface area contributed by atoms with Crippen LogP contribution in [-0.4, -0.2) is 22.6 Å². The van der Waals surface area contributed by atoms with Gasteiger partial charge in [0.25, 0.3) is 6.43 Å². The van der Waals surface area contributed by atoms with Crippen molar-refractivity contribution in [1.82, 2.24) is 9.55 Å². The molecule has 0 spiro atoms. The highest BCUT2D eigenvalue weighted by molar-refractivity contribution is 5.34. The highest BCUT2D eigenvalue weighted by Gasteiger charge is 2.23. The minimum absolute atomic E-state index is 0.0843. The number of hydrogen-bond donors (Lipinski definition) is 0. The fourth-order valence-corrected chi connectivity index (χ4v) is 2.09. The van der Waals surface area contributed by atoms with E-state index >= 15 is 0 Å². The van der Waals surface area contributed by atoms with Crippen molar-refractivity contribution in [3.8, 4) is 6.07 Å². The second kappa shape index (κ2) is 4.70. The molecule has 92 valence electrons. The van der Waals surface area contributed by atoms with Gasteiger partial charge in [-0.25, -0.2) is 13.8 Å². The van der Waals surface area contributed by atoms with Gasteiger partial charge >= 0.3 is 0 Å². The van der Waals surface area contributed by atoms with Gasteiger partial charge in [0.1, 0.15) is 5.69 Å². The summed E-state index contributed by atoms with van der Waals surface area (Å²) >= 11 is 0. The standard InChI is InChI=1S/C11H14F2N4/c1-16-7-9(10(12)13)15-11(16)17-4-2-8(6-14)3-5-17/h7-8,10H,2-5H2,1H3. The number of halogens is 2. The number of anilines is 1. The van der Waals surface area contributed by atoms with Crippen LogP contribution in [0.4, 0.5) is 14.7 Å². The second-order valence-electron chi connectivity index (χ2n) is 4.27. The Morgan fingerprint density at radius 1 is 1.47 bits per heavy atom. The van der Waals surface area contributed by atoms with Crippen LogP contribution in [0, 0.1) is 17.2 Å². The zero-order valence-corrected chi connectivity index (χ0v) is 9.61. The molecule has 1 aliphatic heterocycles. The van der Waals surface area contributed by atoms with E-state index in [1.807, 2.05) is 4.90 Å². The zero-order valence-electron chi connectivity index (χ0n) is 9.61. The third kappa shape index (κ3) is 2.38. The number of nitrogens with zero attached hydrogens (tertiary/aromatic N) is 4. The average Bonchev–Trinajstić information content (AvgIpc) is 2.72. The van der Waals surface area contributed by atoms with E-state index in [0.717, 1.165) is 12.8 Å². The maximum atomic E-state index is 12.5. The van der Waals surface area contributed by atoms with Crippen molar-refractivity contribution in [1.29, 1.82) is 5.26 Å². The Bertz CT molecular complexity index is 427. The van der Waals surface area contributed by atoms with Crippen LogP contribution in [0.2, 0.25) is 0 Å². The smallest absolute Gasteiger partial charge is 0.281 e. The SMILES string of the molecule is Cn1cc(C(F)F)nc1N1CCC(C#N)CC1. The molecule has 0 saturated carbocycles. The quantitative estimate of drug-likeness (QED) is 0.795. The second-order valence-corrected chi connectivity index (χ2v) is 4.27. The van der Waals surface area contributed by atoms with Gasteiger partial charge in [-0.15, -0.1) is 0 Å². The lowest BCUT2D eigenvalue weighted by atomic mass is 9.99. The first-order valence-electron chi connectivity index (χ1n) is 5.57. The van der Waals surface area contributed by atoms with Crippen LogP contribution >= 0.6 is 0 Å². The Labute approximate surface area is 98.5 Å². The van der Waals surface area contributed by atoms with Gasteiger partial charge in [-0.05, 0) is 12.8 Å². The van der Waals surface area contributed by atoms with E-state index in [9.17, 15) is 8.78 Å². The molecule has 0 bridgehead atoms. The van der Waals surface area contributed by atoms with Crippen molar-refractivity contribution >= 4 is 5.95 Å². The van der Waals surface area contributed by atoms with E-state index in [4.69, 9.17) is 5.26 Å². The summed E-state index contributed by atoms with van der Waals surface area (Å²) in [6, 6.07) is 2.24. The molecule has 0 aromatic carbocycles. The number of piperidine rings is 1. The minimum atomic E-state index is -2.54. The van der Waals surface area contributed by atoms with Crippen molar-refractivity contribution < 1.29 is 8.78 Å². The number of rotatable bonds is 2. The molecule has 17 heavy (non-hydrogen) atoms. The van der Waals surface area contributed by atoms with E-state index in [2.05, 4.69) is 11.1 Å². The minimum Gasteiger partial charge on any atom is -0.342 e. The van der Waals surface area contributed by atoms with Crippen LogP contribution in [0.25, 0.3) is 0 Å². The van der Waals surface area contributed by atoms with E-state index in [0.29, 0.717) is 19.0 Å². The zero-order chi connectivity index (χ0) is 12.4. The number of alkyl halides is 2. The van der Waals surface area contributed by atoms with E-state index in [1.54, 1.807) is 11.6 Å². The number of imidazole rings is 1. The van der Waals surface area contributed by atoms with E-state index < -0.39 is 6.43 Å². The molecule has 0 N–H and O–H groups in total. The lowest BCUT2D eigenvalue weighted by molar-refractivity contribution is 0.146. The molecular formula is C11H14F2N4. The van der Waals surface area contributed by atoms with Crippen LogP contribution in [-0.2, 0) is 7.05 Å². The number of aromatic nitrogens is 2. The van der Waals surface area contributed by atoms with Crippen molar-refractivity contribution in [3.63, 3.8) is 0 Å². The van der Waals surface area contributed by atoms with Gasteiger partial charge in [0.2, 0.25) is 5.95 Å². The van der Waals surface area contributed by atoms with Crippen LogP contribution in [0.5, 0.6) is 0 Å². The summed E-state index contributed by atoms with van der Waals surface area (Å²) in [7, 11) is 1.71. The Morgan fingerprint density at radius 3 is 2.59 bits per heavy atom. The highest BCUT2D eigenvalue weighted by Crippen LogP contribution is 2.25. The molecule has 0 unspecified atom stereocenters. The molecule has 0 radical (unpaired) electrons.